The van der Waals surface area contributed by atoms with Gasteiger partial charge in [-0.15, -0.1) is 0 Å². The van der Waals surface area contributed by atoms with Crippen LogP contribution in [0.15, 0.2) is 41.3 Å². The fourth-order valence-electron chi connectivity index (χ4n) is 3.02. The molecule has 0 fully saturated rings. The van der Waals surface area contributed by atoms with Crippen molar-refractivity contribution in [3.8, 4) is 11.1 Å². The third kappa shape index (κ3) is 4.29. The largest absolute Gasteiger partial charge is 0.462 e. The molecule has 2 aromatic carbocycles. The molecule has 0 aliphatic heterocycles. The minimum absolute atomic E-state index is 0.113. The van der Waals surface area contributed by atoms with E-state index < -0.39 is 40.9 Å². The average Bonchev–Trinajstić information content (AvgIpc) is 2.96. The van der Waals surface area contributed by atoms with E-state index in [1.165, 1.54) is 30.3 Å². The van der Waals surface area contributed by atoms with Gasteiger partial charge in [-0.25, -0.2) is 4.79 Å². The lowest BCUT2D eigenvalue weighted by Gasteiger charge is -2.25. The Morgan fingerprint density at radius 2 is 1.79 bits per heavy atom. The molecule has 0 saturated carbocycles. The normalized spacial score (nSPS) is 15.4. The molecule has 2 N–H and O–H groups in total. The molecule has 0 bridgehead atoms. The second-order valence-corrected chi connectivity index (χ2v) is 8.42. The van der Waals surface area contributed by atoms with Gasteiger partial charge in [-0.3, -0.25) is 4.55 Å². The molecule has 1 unspecified atom stereocenters. The van der Waals surface area contributed by atoms with Gasteiger partial charge >= 0.3 is 12.1 Å². The summed E-state index contributed by atoms with van der Waals surface area (Å²) in [6.07, 6.45) is -5.23. The zero-order valence-electron chi connectivity index (χ0n) is 15.2. The first kappa shape index (κ1) is 21.3. The molecular formula is C19H17F3O6S. The number of rotatable bonds is 5. The van der Waals surface area contributed by atoms with Crippen LogP contribution >= 0.6 is 0 Å². The lowest BCUT2D eigenvalue weighted by atomic mass is 10.0. The Bertz CT molecular complexity index is 1070. The van der Waals surface area contributed by atoms with E-state index in [2.05, 4.69) is 0 Å². The first-order valence-corrected chi connectivity index (χ1v) is 9.93. The van der Waals surface area contributed by atoms with Crippen molar-refractivity contribution in [2.75, 3.05) is 6.61 Å². The highest BCUT2D eigenvalue weighted by atomic mass is 32.2. The molecule has 2 aromatic rings. The van der Waals surface area contributed by atoms with Crippen LogP contribution in [0.3, 0.4) is 0 Å². The Balaban J connectivity index is 1.76. The maximum absolute atomic E-state index is 12.6. The molecule has 0 spiro atoms. The molecule has 1 atom stereocenters. The van der Waals surface area contributed by atoms with Crippen LogP contribution in [0.4, 0.5) is 13.2 Å². The molecule has 1 aliphatic rings. The monoisotopic (exact) mass is 430 g/mol. The van der Waals surface area contributed by atoms with Crippen molar-refractivity contribution in [2.24, 2.45) is 0 Å². The molecular weight excluding hydrogens is 413 g/mol. The quantitative estimate of drug-likeness (QED) is 0.476. The minimum atomic E-state index is -4.84. The summed E-state index contributed by atoms with van der Waals surface area (Å²) in [5.74, 6) is -0.839. The number of hydrogen-bond acceptors (Lipinski definition) is 5. The molecule has 29 heavy (non-hydrogen) atoms. The van der Waals surface area contributed by atoms with E-state index in [0.29, 0.717) is 30.0 Å². The summed E-state index contributed by atoms with van der Waals surface area (Å²) in [7, 11) is -4.34. The fraction of sp³-hybridized carbons (Fsp3) is 0.316. The van der Waals surface area contributed by atoms with Crippen LogP contribution in [0.1, 0.15) is 34.8 Å². The van der Waals surface area contributed by atoms with Crippen molar-refractivity contribution in [1.82, 2.24) is 0 Å². The number of carbonyl (C=O) groups excluding carboxylic acids is 1. The summed E-state index contributed by atoms with van der Waals surface area (Å²) in [6.45, 7) is -0.00919. The Kier molecular flexibility index (Phi) is 5.22. The van der Waals surface area contributed by atoms with Crippen LogP contribution < -0.4 is 0 Å². The van der Waals surface area contributed by atoms with Crippen LogP contribution in [-0.2, 0) is 21.3 Å². The second-order valence-electron chi connectivity index (χ2n) is 7.00. The molecule has 10 heteroatoms. The number of carbonyl (C=O) groups is 1. The van der Waals surface area contributed by atoms with Crippen LogP contribution in [0.5, 0.6) is 0 Å². The summed E-state index contributed by atoms with van der Waals surface area (Å²) in [5.41, 5.74) is -0.0248. The number of esters is 1. The molecule has 0 amide bonds. The van der Waals surface area contributed by atoms with Crippen LogP contribution in [0.2, 0.25) is 0 Å². The molecule has 156 valence electrons. The summed E-state index contributed by atoms with van der Waals surface area (Å²) >= 11 is 0. The zero-order valence-corrected chi connectivity index (χ0v) is 16.0. The van der Waals surface area contributed by atoms with Crippen LogP contribution in [0, 0.1) is 0 Å². The fourth-order valence-corrected chi connectivity index (χ4v) is 3.55. The lowest BCUT2D eigenvalue weighted by Crippen LogP contribution is -2.43. The maximum atomic E-state index is 12.6. The van der Waals surface area contributed by atoms with Crippen molar-refractivity contribution >= 4 is 16.1 Å². The molecule has 1 aliphatic carbocycles. The Hall–Kier alpha value is -2.43. The van der Waals surface area contributed by atoms with Gasteiger partial charge in [-0.2, -0.15) is 21.6 Å². The highest BCUT2D eigenvalue weighted by Crippen LogP contribution is 2.38. The smallest absolute Gasteiger partial charge is 0.417 e. The maximum Gasteiger partial charge on any atom is 0.417 e. The Morgan fingerprint density at radius 3 is 2.41 bits per heavy atom. The van der Waals surface area contributed by atoms with Crippen molar-refractivity contribution in [3.05, 3.63) is 53.1 Å². The van der Waals surface area contributed by atoms with Gasteiger partial charge < -0.3 is 9.84 Å². The predicted octanol–water partition coefficient (Wildman–Crippen LogP) is 3.36. The Morgan fingerprint density at radius 1 is 1.10 bits per heavy atom. The Labute approximate surface area is 164 Å². The van der Waals surface area contributed by atoms with Gasteiger partial charge in [0.15, 0.2) is 5.60 Å². The predicted molar refractivity (Wildman–Crippen MR) is 96.1 cm³/mol. The first-order valence-electron chi connectivity index (χ1n) is 8.49. The van der Waals surface area contributed by atoms with Gasteiger partial charge in [0.2, 0.25) is 0 Å². The van der Waals surface area contributed by atoms with E-state index in [0.717, 1.165) is 5.56 Å². The minimum Gasteiger partial charge on any atom is -0.462 e. The summed E-state index contributed by atoms with van der Waals surface area (Å²) in [5, 5.41) is 9.37. The molecule has 0 radical (unpaired) electrons. The standard InChI is InChI=1S/C19H17F3O6S/c1-18(24,19(20,21)22)6-7-28-17(23)12-3-2-11-8-13-9-14(29(25,26)27)4-5-15(13)16(11)10-12/h2-5,9-10,24H,6-8H2,1H3,(H,25,26,27). The van der Waals surface area contributed by atoms with Gasteiger partial charge in [0.1, 0.15) is 0 Å². The summed E-state index contributed by atoms with van der Waals surface area (Å²) in [4.78, 5) is 11.9. The number of aliphatic hydroxyl groups is 1. The molecule has 0 aromatic heterocycles. The summed E-state index contributed by atoms with van der Waals surface area (Å²) in [6, 6.07) is 8.72. The third-order valence-corrected chi connectivity index (χ3v) is 5.67. The van der Waals surface area contributed by atoms with Gasteiger partial charge in [-0.05, 0) is 59.9 Å². The molecule has 6 nitrogen and oxygen atoms in total. The number of ether oxygens (including phenoxy) is 1. The van der Waals surface area contributed by atoms with Gasteiger partial charge in [-0.1, -0.05) is 12.1 Å². The number of hydrogen-bond donors (Lipinski definition) is 2. The number of halogens is 3. The number of alkyl halides is 3. The summed E-state index contributed by atoms with van der Waals surface area (Å²) < 4.78 is 74.5. The van der Waals surface area contributed by atoms with Crippen molar-refractivity contribution in [3.63, 3.8) is 0 Å². The van der Waals surface area contributed by atoms with Crippen molar-refractivity contribution in [2.45, 2.75) is 36.4 Å². The highest BCUT2D eigenvalue weighted by Gasteiger charge is 2.49. The van der Waals surface area contributed by atoms with Crippen molar-refractivity contribution in [1.29, 1.82) is 0 Å². The van der Waals surface area contributed by atoms with E-state index in [9.17, 15) is 31.5 Å². The van der Waals surface area contributed by atoms with E-state index in [4.69, 9.17) is 9.29 Å². The van der Waals surface area contributed by atoms with Crippen LogP contribution in [0.25, 0.3) is 11.1 Å². The topological polar surface area (TPSA) is 101 Å². The van der Waals surface area contributed by atoms with Gasteiger partial charge in [0, 0.05) is 6.42 Å². The second kappa shape index (κ2) is 7.12. The highest BCUT2D eigenvalue weighted by molar-refractivity contribution is 7.85. The van der Waals surface area contributed by atoms with E-state index >= 15 is 0 Å². The molecule has 0 saturated heterocycles. The van der Waals surface area contributed by atoms with E-state index in [1.54, 1.807) is 6.07 Å². The third-order valence-electron chi connectivity index (χ3n) is 4.82. The molecule has 0 heterocycles. The lowest BCUT2D eigenvalue weighted by molar-refractivity contribution is -0.256. The van der Waals surface area contributed by atoms with Crippen LogP contribution in [-0.4, -0.2) is 42.4 Å². The van der Waals surface area contributed by atoms with E-state index in [1.807, 2.05) is 0 Å². The van der Waals surface area contributed by atoms with Gasteiger partial charge in [0.25, 0.3) is 10.1 Å². The van der Waals surface area contributed by atoms with E-state index in [-0.39, 0.29) is 10.5 Å². The van der Waals surface area contributed by atoms with Crippen molar-refractivity contribution < 1.29 is 40.8 Å². The first-order chi connectivity index (χ1) is 13.3. The van der Waals surface area contributed by atoms with Gasteiger partial charge in [0.05, 0.1) is 17.1 Å². The number of fused-ring (bicyclic) bond motifs is 3. The SMILES string of the molecule is CC(O)(CCOC(=O)c1ccc2c(c1)-c1ccc(S(=O)(=O)O)cc1C2)C(F)(F)F. The zero-order chi connectivity index (χ0) is 21.6. The molecule has 3 rings (SSSR count). The number of benzene rings is 2. The average molecular weight is 430 g/mol.